The number of nitrogens with one attached hydrogen (secondary N) is 1. The highest BCUT2D eigenvalue weighted by molar-refractivity contribution is 6.31. The summed E-state index contributed by atoms with van der Waals surface area (Å²) in [4.78, 5) is 49.8. The van der Waals surface area contributed by atoms with E-state index in [4.69, 9.17) is 16.3 Å². The van der Waals surface area contributed by atoms with Gasteiger partial charge in [-0.05, 0) is 37.5 Å². The Morgan fingerprint density at radius 3 is 2.46 bits per heavy atom. The number of nitrogens with zero attached hydrogens (tertiary/aromatic N) is 1. The summed E-state index contributed by atoms with van der Waals surface area (Å²) in [7, 11) is 0. The van der Waals surface area contributed by atoms with E-state index >= 15 is 0 Å². The highest BCUT2D eigenvalue weighted by Gasteiger charge is 2.47. The van der Waals surface area contributed by atoms with Crippen molar-refractivity contribution in [2.24, 2.45) is 11.8 Å². The first-order valence-corrected chi connectivity index (χ1v) is 9.81. The van der Waals surface area contributed by atoms with Crippen LogP contribution in [0, 0.1) is 18.8 Å². The second-order valence-corrected chi connectivity index (χ2v) is 7.68. The fourth-order valence-electron chi connectivity index (χ4n) is 3.79. The highest BCUT2D eigenvalue weighted by atomic mass is 35.5. The first kappa shape index (κ1) is 20.3. The van der Waals surface area contributed by atoms with Gasteiger partial charge in [-0.2, -0.15) is 0 Å². The molecule has 1 saturated carbocycles. The predicted molar refractivity (Wildman–Crippen MR) is 103 cm³/mol. The van der Waals surface area contributed by atoms with Crippen LogP contribution in [0.3, 0.4) is 0 Å². The molecule has 3 amide bonds. The zero-order chi connectivity index (χ0) is 20.3. The number of amides is 3. The molecule has 1 N–H and O–H groups in total. The summed E-state index contributed by atoms with van der Waals surface area (Å²) >= 11 is 5.90. The first-order chi connectivity index (χ1) is 13.4. The zero-order valence-electron chi connectivity index (χ0n) is 15.7. The largest absolute Gasteiger partial charge is 0.456 e. The van der Waals surface area contributed by atoms with Crippen molar-refractivity contribution < 1.29 is 23.9 Å². The summed E-state index contributed by atoms with van der Waals surface area (Å²) in [6.07, 6.45) is 3.26. The van der Waals surface area contributed by atoms with E-state index in [0.717, 1.165) is 31.2 Å². The number of imide groups is 1. The Morgan fingerprint density at radius 2 is 1.82 bits per heavy atom. The lowest BCUT2D eigenvalue weighted by atomic mass is 9.81. The number of anilines is 1. The maximum Gasteiger partial charge on any atom is 0.308 e. The Bertz CT molecular complexity index is 786. The first-order valence-electron chi connectivity index (χ1n) is 9.43. The molecule has 1 aliphatic carbocycles. The molecule has 0 aromatic heterocycles. The number of esters is 1. The van der Waals surface area contributed by atoms with Crippen molar-refractivity contribution in [1.82, 2.24) is 4.90 Å². The fourth-order valence-corrected chi connectivity index (χ4v) is 3.96. The summed E-state index contributed by atoms with van der Waals surface area (Å²) in [5.74, 6) is -1.95. The van der Waals surface area contributed by atoms with E-state index in [-0.39, 0.29) is 36.6 Å². The van der Waals surface area contributed by atoms with Crippen molar-refractivity contribution in [3.05, 3.63) is 28.8 Å². The Hall–Kier alpha value is -2.41. The highest BCUT2D eigenvalue weighted by Crippen LogP contribution is 2.37. The van der Waals surface area contributed by atoms with Crippen LogP contribution in [0.2, 0.25) is 5.02 Å². The number of ether oxygens (including phenoxy) is 1. The van der Waals surface area contributed by atoms with E-state index in [1.807, 2.05) is 6.92 Å². The number of carbonyl (C=O) groups excluding carboxylic acids is 4. The molecule has 7 nitrogen and oxygen atoms in total. The van der Waals surface area contributed by atoms with E-state index in [9.17, 15) is 19.2 Å². The van der Waals surface area contributed by atoms with Crippen LogP contribution in [0.4, 0.5) is 5.69 Å². The molecule has 0 unspecified atom stereocenters. The molecule has 1 saturated heterocycles. The van der Waals surface area contributed by atoms with Crippen molar-refractivity contribution in [1.29, 1.82) is 0 Å². The molecule has 0 radical (unpaired) electrons. The summed E-state index contributed by atoms with van der Waals surface area (Å²) in [5, 5.41) is 3.12. The number of likely N-dealkylation sites (tertiary alicyclic amines) is 1. The Morgan fingerprint density at radius 1 is 1.18 bits per heavy atom. The molecular weight excluding hydrogens is 384 g/mol. The average Bonchev–Trinajstić information content (AvgIpc) is 2.92. The molecule has 1 aromatic carbocycles. The van der Waals surface area contributed by atoms with Gasteiger partial charge >= 0.3 is 5.97 Å². The van der Waals surface area contributed by atoms with Gasteiger partial charge in [0.05, 0.1) is 18.3 Å². The summed E-state index contributed by atoms with van der Waals surface area (Å²) < 4.78 is 4.96. The lowest BCUT2D eigenvalue weighted by Crippen LogP contribution is -2.33. The van der Waals surface area contributed by atoms with Crippen LogP contribution < -0.4 is 5.32 Å². The molecule has 2 atom stereocenters. The molecule has 0 bridgehead atoms. The molecule has 28 heavy (non-hydrogen) atoms. The molecule has 1 aliphatic heterocycles. The van der Waals surface area contributed by atoms with Crippen molar-refractivity contribution in [2.75, 3.05) is 18.5 Å². The van der Waals surface area contributed by atoms with Gasteiger partial charge in [-0.3, -0.25) is 24.1 Å². The van der Waals surface area contributed by atoms with E-state index in [1.165, 1.54) is 4.90 Å². The number of benzene rings is 1. The maximum atomic E-state index is 12.4. The Balaban J connectivity index is 1.44. The normalized spacial score (nSPS) is 21.4. The fraction of sp³-hybridized carbons (Fsp3) is 0.500. The molecule has 8 heteroatoms. The van der Waals surface area contributed by atoms with Crippen molar-refractivity contribution >= 4 is 41.0 Å². The number of hydrogen-bond acceptors (Lipinski definition) is 5. The van der Waals surface area contributed by atoms with Crippen LogP contribution in [0.25, 0.3) is 0 Å². The second-order valence-electron chi connectivity index (χ2n) is 7.24. The number of hydrogen-bond donors (Lipinski definition) is 1. The minimum absolute atomic E-state index is 0.00147. The van der Waals surface area contributed by atoms with Crippen LogP contribution in [0.5, 0.6) is 0 Å². The SMILES string of the molecule is Cc1ccc(Cl)cc1NC(=O)COC(=O)CCN1C(=O)[C@H]2CCCC[C@H]2C1=O. The van der Waals surface area contributed by atoms with Crippen molar-refractivity contribution in [3.63, 3.8) is 0 Å². The smallest absolute Gasteiger partial charge is 0.308 e. The van der Waals surface area contributed by atoms with Gasteiger partial charge < -0.3 is 10.1 Å². The van der Waals surface area contributed by atoms with E-state index in [0.29, 0.717) is 10.7 Å². The van der Waals surface area contributed by atoms with Crippen LogP contribution >= 0.6 is 11.6 Å². The van der Waals surface area contributed by atoms with Gasteiger partial charge in [-0.25, -0.2) is 0 Å². The van der Waals surface area contributed by atoms with Crippen molar-refractivity contribution in [3.8, 4) is 0 Å². The van der Waals surface area contributed by atoms with E-state index < -0.39 is 18.5 Å². The summed E-state index contributed by atoms with van der Waals surface area (Å²) in [6, 6.07) is 5.09. The molecule has 2 aliphatic rings. The minimum Gasteiger partial charge on any atom is -0.456 e. The molecule has 3 rings (SSSR count). The Labute approximate surface area is 168 Å². The van der Waals surface area contributed by atoms with E-state index in [2.05, 4.69) is 5.32 Å². The third-order valence-corrected chi connectivity index (χ3v) is 5.55. The maximum absolute atomic E-state index is 12.4. The Kier molecular flexibility index (Phi) is 6.34. The molecule has 2 fully saturated rings. The van der Waals surface area contributed by atoms with Crippen LogP contribution in [0.15, 0.2) is 18.2 Å². The topological polar surface area (TPSA) is 92.8 Å². The van der Waals surface area contributed by atoms with Gasteiger partial charge in [0.2, 0.25) is 11.8 Å². The summed E-state index contributed by atoms with van der Waals surface area (Å²) in [5.41, 5.74) is 1.38. The minimum atomic E-state index is -0.631. The van der Waals surface area contributed by atoms with E-state index in [1.54, 1.807) is 18.2 Å². The number of halogens is 1. The standard InChI is InChI=1S/C20H23ClN2O5/c1-12-6-7-13(21)10-16(12)22-17(24)11-28-18(25)8-9-23-19(26)14-4-2-3-5-15(14)20(23)27/h6-7,10,14-15H,2-5,8-9,11H2,1H3,(H,22,24)/t14-,15+. The lowest BCUT2D eigenvalue weighted by Gasteiger charge is -2.19. The zero-order valence-corrected chi connectivity index (χ0v) is 16.5. The average molecular weight is 407 g/mol. The summed E-state index contributed by atoms with van der Waals surface area (Å²) in [6.45, 7) is 1.37. The van der Waals surface area contributed by atoms with Gasteiger partial charge in [0.1, 0.15) is 0 Å². The van der Waals surface area contributed by atoms with Gasteiger partial charge in [-0.15, -0.1) is 0 Å². The number of aryl methyl sites for hydroxylation is 1. The third-order valence-electron chi connectivity index (χ3n) is 5.31. The molecule has 1 aromatic rings. The number of fused-ring (bicyclic) bond motifs is 1. The lowest BCUT2D eigenvalue weighted by molar-refractivity contribution is -0.148. The van der Waals surface area contributed by atoms with Crippen molar-refractivity contribution in [2.45, 2.75) is 39.0 Å². The van der Waals surface area contributed by atoms with Crippen LogP contribution in [-0.2, 0) is 23.9 Å². The third kappa shape index (κ3) is 4.52. The van der Waals surface area contributed by atoms with Gasteiger partial charge in [-0.1, -0.05) is 30.5 Å². The van der Waals surface area contributed by atoms with Gasteiger partial charge in [0, 0.05) is 17.3 Å². The van der Waals surface area contributed by atoms with Crippen LogP contribution in [-0.4, -0.2) is 41.7 Å². The van der Waals surface area contributed by atoms with Gasteiger partial charge in [0.15, 0.2) is 6.61 Å². The van der Waals surface area contributed by atoms with Crippen LogP contribution in [0.1, 0.15) is 37.7 Å². The molecule has 1 heterocycles. The molecule has 150 valence electrons. The quantitative estimate of drug-likeness (QED) is 0.579. The predicted octanol–water partition coefficient (Wildman–Crippen LogP) is 2.70. The second kappa shape index (κ2) is 8.73. The van der Waals surface area contributed by atoms with Gasteiger partial charge in [0.25, 0.3) is 5.91 Å². The monoisotopic (exact) mass is 406 g/mol. The molecule has 0 spiro atoms. The number of carbonyl (C=O) groups is 4. The number of rotatable bonds is 6. The molecular formula is C20H23ClN2O5.